The Bertz CT molecular complexity index is 1050. The van der Waals surface area contributed by atoms with Gasteiger partial charge >= 0.3 is 0 Å². The summed E-state index contributed by atoms with van der Waals surface area (Å²) in [5.41, 5.74) is 0.720. The summed E-state index contributed by atoms with van der Waals surface area (Å²) in [6.45, 7) is 1.89. The topological polar surface area (TPSA) is 85.1 Å². The average molecular weight is 410 g/mol. The lowest BCUT2D eigenvalue weighted by atomic mass is 10.2. The smallest absolute Gasteiger partial charge is 0.241 e. The van der Waals surface area contributed by atoms with Crippen LogP contribution >= 0.6 is 22.9 Å². The van der Waals surface area contributed by atoms with Crippen molar-refractivity contribution in [3.05, 3.63) is 51.7 Å². The molecule has 1 aliphatic carbocycles. The molecule has 0 amide bonds. The van der Waals surface area contributed by atoms with Crippen LogP contribution in [0.4, 0.5) is 0 Å². The Morgan fingerprint density at radius 3 is 2.85 bits per heavy atom. The molecule has 26 heavy (non-hydrogen) atoms. The van der Waals surface area contributed by atoms with E-state index < -0.39 is 10.0 Å². The standard InChI is InChI=1S/C17H16ClN3O3S2/c1-10-15(26(22,23)19-9-12-4-2-3-5-13(12)18)8-14(25-10)16-20-17(24-21-16)11-6-7-11/h2-5,8,11,19H,6-7,9H2,1H3. The zero-order valence-corrected chi connectivity index (χ0v) is 16.3. The Hall–Kier alpha value is -1.74. The molecule has 136 valence electrons. The van der Waals surface area contributed by atoms with E-state index in [1.165, 1.54) is 11.3 Å². The molecule has 0 unspecified atom stereocenters. The lowest BCUT2D eigenvalue weighted by Gasteiger charge is -2.07. The van der Waals surface area contributed by atoms with Crippen molar-refractivity contribution in [1.29, 1.82) is 0 Å². The molecule has 0 saturated heterocycles. The molecule has 0 atom stereocenters. The van der Waals surface area contributed by atoms with Gasteiger partial charge in [-0.1, -0.05) is 35.0 Å². The quantitative estimate of drug-likeness (QED) is 0.662. The highest BCUT2D eigenvalue weighted by molar-refractivity contribution is 7.89. The molecule has 1 N–H and O–H groups in total. The van der Waals surface area contributed by atoms with Gasteiger partial charge in [-0.05, 0) is 37.5 Å². The van der Waals surface area contributed by atoms with Crippen molar-refractivity contribution in [2.75, 3.05) is 0 Å². The van der Waals surface area contributed by atoms with Crippen molar-refractivity contribution in [2.45, 2.75) is 37.1 Å². The van der Waals surface area contributed by atoms with Gasteiger partial charge in [0.15, 0.2) is 0 Å². The summed E-state index contributed by atoms with van der Waals surface area (Å²) >= 11 is 7.42. The zero-order valence-electron chi connectivity index (χ0n) is 13.9. The summed E-state index contributed by atoms with van der Waals surface area (Å²) in [6, 6.07) is 8.73. The Balaban J connectivity index is 1.56. The van der Waals surface area contributed by atoms with Crippen LogP contribution in [0.5, 0.6) is 0 Å². The fourth-order valence-electron chi connectivity index (χ4n) is 2.57. The molecular weight excluding hydrogens is 394 g/mol. The Morgan fingerprint density at radius 1 is 1.35 bits per heavy atom. The summed E-state index contributed by atoms with van der Waals surface area (Å²) < 4.78 is 33.3. The molecule has 2 heterocycles. The number of nitrogens with one attached hydrogen (secondary N) is 1. The number of hydrogen-bond donors (Lipinski definition) is 1. The van der Waals surface area contributed by atoms with E-state index in [0.717, 1.165) is 18.4 Å². The van der Waals surface area contributed by atoms with Crippen molar-refractivity contribution in [2.24, 2.45) is 0 Å². The minimum atomic E-state index is -3.67. The van der Waals surface area contributed by atoms with Gasteiger partial charge in [0, 0.05) is 22.4 Å². The van der Waals surface area contributed by atoms with E-state index >= 15 is 0 Å². The Labute approximate surface area is 160 Å². The van der Waals surface area contributed by atoms with E-state index in [0.29, 0.717) is 32.4 Å². The fraction of sp³-hybridized carbons (Fsp3) is 0.294. The molecule has 4 rings (SSSR count). The third-order valence-electron chi connectivity index (χ3n) is 4.16. The van der Waals surface area contributed by atoms with Crippen molar-refractivity contribution in [3.63, 3.8) is 0 Å². The molecule has 0 aliphatic heterocycles. The lowest BCUT2D eigenvalue weighted by molar-refractivity contribution is 0.380. The van der Waals surface area contributed by atoms with Crippen LogP contribution in [0.3, 0.4) is 0 Å². The van der Waals surface area contributed by atoms with Crippen LogP contribution in [0.2, 0.25) is 5.02 Å². The molecule has 0 spiro atoms. The first-order chi connectivity index (χ1) is 12.4. The van der Waals surface area contributed by atoms with Crippen molar-refractivity contribution < 1.29 is 12.9 Å². The third kappa shape index (κ3) is 3.55. The molecule has 6 nitrogen and oxygen atoms in total. The van der Waals surface area contributed by atoms with Crippen LogP contribution < -0.4 is 4.72 Å². The van der Waals surface area contributed by atoms with Gasteiger partial charge in [0.05, 0.1) is 9.77 Å². The first kappa shape index (κ1) is 17.7. The number of aromatic nitrogens is 2. The summed E-state index contributed by atoms with van der Waals surface area (Å²) in [4.78, 5) is 5.96. The number of rotatable bonds is 6. The minimum Gasteiger partial charge on any atom is -0.339 e. The maximum Gasteiger partial charge on any atom is 0.241 e. The van der Waals surface area contributed by atoms with Gasteiger partial charge in [0.25, 0.3) is 0 Å². The van der Waals surface area contributed by atoms with Crippen LogP contribution in [0, 0.1) is 6.92 Å². The predicted molar refractivity (Wildman–Crippen MR) is 99.8 cm³/mol. The van der Waals surface area contributed by atoms with E-state index in [9.17, 15) is 8.42 Å². The zero-order chi connectivity index (χ0) is 18.3. The van der Waals surface area contributed by atoms with Crippen LogP contribution in [-0.2, 0) is 16.6 Å². The van der Waals surface area contributed by atoms with Crippen molar-refractivity contribution in [1.82, 2.24) is 14.9 Å². The lowest BCUT2D eigenvalue weighted by Crippen LogP contribution is -2.23. The van der Waals surface area contributed by atoms with Crippen LogP contribution in [0.25, 0.3) is 10.7 Å². The molecule has 1 saturated carbocycles. The predicted octanol–water partition coefficient (Wildman–Crippen LogP) is 4.12. The summed E-state index contributed by atoms with van der Waals surface area (Å²) in [5, 5.41) is 4.51. The normalized spacial score (nSPS) is 14.7. The SMILES string of the molecule is Cc1sc(-c2noc(C3CC3)n2)cc1S(=O)(=O)NCc1ccccc1Cl. The van der Waals surface area contributed by atoms with Gasteiger partial charge in [0.1, 0.15) is 0 Å². The molecule has 0 bridgehead atoms. The third-order valence-corrected chi connectivity index (χ3v) is 7.23. The van der Waals surface area contributed by atoms with Crippen LogP contribution in [-0.4, -0.2) is 18.6 Å². The monoisotopic (exact) mass is 409 g/mol. The highest BCUT2D eigenvalue weighted by Gasteiger charge is 2.30. The number of hydrogen-bond acceptors (Lipinski definition) is 6. The van der Waals surface area contributed by atoms with Gasteiger partial charge in [0.2, 0.25) is 21.7 Å². The number of thiophene rings is 1. The second kappa shape index (κ2) is 6.77. The summed E-state index contributed by atoms with van der Waals surface area (Å²) in [5.74, 6) is 1.43. The van der Waals surface area contributed by atoms with E-state index in [-0.39, 0.29) is 11.4 Å². The molecule has 1 aliphatic rings. The van der Waals surface area contributed by atoms with Gasteiger partial charge in [-0.25, -0.2) is 13.1 Å². The van der Waals surface area contributed by atoms with Gasteiger partial charge in [-0.3, -0.25) is 0 Å². The molecule has 3 aromatic rings. The number of halogens is 1. The maximum absolute atomic E-state index is 12.7. The molecule has 0 radical (unpaired) electrons. The van der Waals surface area contributed by atoms with Gasteiger partial charge in [-0.15, -0.1) is 11.3 Å². The van der Waals surface area contributed by atoms with Gasteiger partial charge in [-0.2, -0.15) is 4.98 Å². The highest BCUT2D eigenvalue weighted by atomic mass is 35.5. The summed E-state index contributed by atoms with van der Waals surface area (Å²) in [6.07, 6.45) is 2.13. The average Bonchev–Trinajstić information content (AvgIpc) is 3.20. The molecule has 1 fully saturated rings. The molecule has 2 aromatic heterocycles. The van der Waals surface area contributed by atoms with Crippen LogP contribution in [0.1, 0.15) is 35.1 Å². The second-order valence-electron chi connectivity index (χ2n) is 6.18. The Morgan fingerprint density at radius 2 is 2.12 bits per heavy atom. The Kier molecular flexibility index (Phi) is 4.60. The maximum atomic E-state index is 12.7. The van der Waals surface area contributed by atoms with E-state index in [4.69, 9.17) is 16.1 Å². The minimum absolute atomic E-state index is 0.126. The van der Waals surface area contributed by atoms with E-state index in [1.807, 2.05) is 6.07 Å². The highest BCUT2D eigenvalue weighted by Crippen LogP contribution is 2.40. The molecule has 1 aromatic carbocycles. The van der Waals surface area contributed by atoms with Crippen molar-refractivity contribution in [3.8, 4) is 10.7 Å². The first-order valence-corrected chi connectivity index (χ1v) is 10.8. The number of aryl methyl sites for hydroxylation is 1. The van der Waals surface area contributed by atoms with Gasteiger partial charge < -0.3 is 4.52 Å². The summed E-state index contributed by atoms with van der Waals surface area (Å²) in [7, 11) is -3.67. The largest absolute Gasteiger partial charge is 0.339 e. The van der Waals surface area contributed by atoms with E-state index in [2.05, 4.69) is 14.9 Å². The number of sulfonamides is 1. The molecular formula is C17H16ClN3O3S2. The molecule has 9 heteroatoms. The van der Waals surface area contributed by atoms with Crippen molar-refractivity contribution >= 4 is 33.0 Å². The fourth-order valence-corrected chi connectivity index (χ4v) is 5.29. The first-order valence-electron chi connectivity index (χ1n) is 8.11. The number of nitrogens with zero attached hydrogens (tertiary/aromatic N) is 2. The van der Waals surface area contributed by atoms with Crippen LogP contribution in [0.15, 0.2) is 39.8 Å². The number of benzene rings is 1. The van der Waals surface area contributed by atoms with E-state index in [1.54, 1.807) is 31.2 Å². The second-order valence-corrected chi connectivity index (χ2v) is 9.58.